The molecule has 3 aromatic heterocycles. The lowest BCUT2D eigenvalue weighted by Gasteiger charge is -2.12. The van der Waals surface area contributed by atoms with Gasteiger partial charge < -0.3 is 9.64 Å². The number of amides is 1. The minimum Gasteiger partial charge on any atom is -0.367 e. The number of aromatic nitrogens is 8. The summed E-state index contributed by atoms with van der Waals surface area (Å²) in [5.41, 5.74) is -1.46. The van der Waals surface area contributed by atoms with Crippen molar-refractivity contribution in [3.8, 4) is 0 Å². The summed E-state index contributed by atoms with van der Waals surface area (Å²) in [6.07, 6.45) is -4.68. The first-order chi connectivity index (χ1) is 14.6. The van der Waals surface area contributed by atoms with Crippen LogP contribution in [0.2, 0.25) is 0 Å². The largest absolute Gasteiger partial charge is 0.433 e. The fourth-order valence-electron chi connectivity index (χ4n) is 2.60. The first-order valence-electron chi connectivity index (χ1n) is 8.82. The van der Waals surface area contributed by atoms with Crippen molar-refractivity contribution < 1.29 is 22.7 Å². The van der Waals surface area contributed by atoms with Crippen molar-refractivity contribution in [1.82, 2.24) is 40.0 Å². The Balaban J connectivity index is 1.80. The van der Waals surface area contributed by atoms with E-state index in [0.29, 0.717) is 11.8 Å². The van der Waals surface area contributed by atoms with E-state index in [9.17, 15) is 18.0 Å². The molecule has 0 radical (unpaired) electrons. The molecule has 0 unspecified atom stereocenters. The molecule has 3 rings (SSSR count). The molecule has 0 fully saturated rings. The molecule has 0 saturated carbocycles. The van der Waals surface area contributed by atoms with Crippen molar-refractivity contribution >= 4 is 17.8 Å². The van der Waals surface area contributed by atoms with Crippen molar-refractivity contribution in [2.24, 2.45) is 14.1 Å². The number of nitrogens with zero attached hydrogens (tertiary/aromatic N) is 9. The number of tetrazole rings is 1. The first-order valence-corrected chi connectivity index (χ1v) is 8.82. The Kier molecular flexibility index (Phi) is 6.14. The minimum atomic E-state index is -4.68. The van der Waals surface area contributed by atoms with Crippen molar-refractivity contribution in [2.75, 3.05) is 24.3 Å². The van der Waals surface area contributed by atoms with Gasteiger partial charge in [0.05, 0.1) is 17.9 Å². The maximum Gasteiger partial charge on any atom is 0.433 e. The van der Waals surface area contributed by atoms with Crippen LogP contribution in [0.15, 0.2) is 12.1 Å². The zero-order valence-corrected chi connectivity index (χ0v) is 17.0. The lowest BCUT2D eigenvalue weighted by Crippen LogP contribution is -2.20. The molecule has 166 valence electrons. The Bertz CT molecular complexity index is 1080. The lowest BCUT2D eigenvalue weighted by atomic mass is 10.1. The van der Waals surface area contributed by atoms with Crippen LogP contribution in [0.5, 0.6) is 0 Å². The highest BCUT2D eigenvalue weighted by Crippen LogP contribution is 2.28. The number of ether oxygens (including phenoxy) is 1. The fourth-order valence-corrected chi connectivity index (χ4v) is 2.60. The third-order valence-corrected chi connectivity index (χ3v) is 4.01. The number of hydrogen-bond acceptors (Lipinski definition) is 9. The average Bonchev–Trinajstić information content (AvgIpc) is 3.26. The van der Waals surface area contributed by atoms with Gasteiger partial charge in [0.2, 0.25) is 11.9 Å². The van der Waals surface area contributed by atoms with Gasteiger partial charge in [-0.1, -0.05) is 5.10 Å². The first kappa shape index (κ1) is 22.1. The van der Waals surface area contributed by atoms with Crippen molar-refractivity contribution in [3.63, 3.8) is 0 Å². The van der Waals surface area contributed by atoms with E-state index >= 15 is 0 Å². The highest BCUT2D eigenvalue weighted by Gasteiger charge is 2.33. The zero-order chi connectivity index (χ0) is 22.8. The number of halogens is 3. The molecule has 0 saturated heterocycles. The number of nitrogens with one attached hydrogen (secondary N) is 1. The van der Waals surface area contributed by atoms with E-state index in [1.165, 1.54) is 16.4 Å². The van der Waals surface area contributed by atoms with Crippen LogP contribution in [0.3, 0.4) is 0 Å². The maximum atomic E-state index is 13.1. The standard InChI is InChI=1S/C16H19F3N10O2/c1-27(2)15-21-12(24-29(15)4)8-31-7-10-9(5-6-11(20-10)16(17,18)19)13(30)22-14-23-25-26-28(14)3/h5-6H,7-8H2,1-4H3,(H,22,23,26,30). The number of aryl methyl sites for hydroxylation is 2. The summed E-state index contributed by atoms with van der Waals surface area (Å²) in [5.74, 6) is 0.191. The zero-order valence-electron chi connectivity index (χ0n) is 17.0. The molecule has 3 heterocycles. The van der Waals surface area contributed by atoms with Gasteiger partial charge >= 0.3 is 6.18 Å². The SMILES string of the molecule is CN(C)c1nc(COCc2nc(C(F)(F)F)ccc2C(=O)Nc2nnnn2C)nn1C. The fraction of sp³-hybridized carbons (Fsp3) is 0.438. The third kappa shape index (κ3) is 5.11. The summed E-state index contributed by atoms with van der Waals surface area (Å²) in [7, 11) is 6.77. The quantitative estimate of drug-likeness (QED) is 0.567. The Morgan fingerprint density at radius 3 is 2.48 bits per heavy atom. The predicted octanol–water partition coefficient (Wildman–Crippen LogP) is 0.787. The number of alkyl halides is 3. The van der Waals surface area contributed by atoms with Gasteiger partial charge in [0.15, 0.2) is 5.82 Å². The van der Waals surface area contributed by atoms with Crippen LogP contribution in [0.4, 0.5) is 25.1 Å². The monoisotopic (exact) mass is 440 g/mol. The number of hydrogen-bond donors (Lipinski definition) is 1. The Labute approximate surface area is 174 Å². The summed E-state index contributed by atoms with van der Waals surface area (Å²) in [4.78, 5) is 22.2. The molecule has 0 aromatic carbocycles. The van der Waals surface area contributed by atoms with E-state index in [2.05, 4.69) is 35.9 Å². The number of pyridine rings is 1. The number of carbonyl (C=O) groups is 1. The van der Waals surface area contributed by atoms with E-state index in [4.69, 9.17) is 4.74 Å². The number of anilines is 2. The summed E-state index contributed by atoms with van der Waals surface area (Å²) >= 11 is 0. The molecule has 0 bridgehead atoms. The number of carbonyl (C=O) groups excluding carboxylic acids is 1. The van der Waals surface area contributed by atoms with Gasteiger partial charge in [-0.2, -0.15) is 23.3 Å². The molecule has 1 amide bonds. The van der Waals surface area contributed by atoms with Gasteiger partial charge in [0.25, 0.3) is 5.91 Å². The van der Waals surface area contributed by atoms with Gasteiger partial charge in [0.1, 0.15) is 12.3 Å². The van der Waals surface area contributed by atoms with E-state index in [1.54, 1.807) is 26.0 Å². The van der Waals surface area contributed by atoms with E-state index in [1.807, 2.05) is 0 Å². The molecule has 3 aromatic rings. The minimum absolute atomic E-state index is 0.0191. The summed E-state index contributed by atoms with van der Waals surface area (Å²) in [6.45, 7) is -0.465. The second kappa shape index (κ2) is 8.63. The summed E-state index contributed by atoms with van der Waals surface area (Å²) < 4.78 is 47.5. The third-order valence-electron chi connectivity index (χ3n) is 4.01. The van der Waals surface area contributed by atoms with Crippen LogP contribution < -0.4 is 10.2 Å². The molecular weight excluding hydrogens is 421 g/mol. The lowest BCUT2D eigenvalue weighted by molar-refractivity contribution is -0.141. The molecule has 1 N–H and O–H groups in total. The normalized spacial score (nSPS) is 11.6. The molecule has 0 aliphatic heterocycles. The highest BCUT2D eigenvalue weighted by atomic mass is 19.4. The second-order valence-corrected chi connectivity index (χ2v) is 6.61. The van der Waals surface area contributed by atoms with Crippen LogP contribution in [-0.4, -0.2) is 60.0 Å². The maximum absolute atomic E-state index is 13.1. The highest BCUT2D eigenvalue weighted by molar-refractivity contribution is 6.04. The Hall–Kier alpha value is -3.62. The van der Waals surface area contributed by atoms with Crippen LogP contribution in [0.25, 0.3) is 0 Å². The molecule has 0 atom stereocenters. The van der Waals surface area contributed by atoms with E-state index in [-0.39, 0.29) is 30.4 Å². The van der Waals surface area contributed by atoms with E-state index in [0.717, 1.165) is 12.1 Å². The van der Waals surface area contributed by atoms with Gasteiger partial charge in [-0.15, -0.1) is 0 Å². The molecular formula is C16H19F3N10O2. The molecule has 0 aliphatic rings. The number of rotatable bonds is 7. The Morgan fingerprint density at radius 2 is 1.90 bits per heavy atom. The van der Waals surface area contributed by atoms with E-state index < -0.39 is 17.8 Å². The molecule has 15 heteroatoms. The van der Waals surface area contributed by atoms with Gasteiger partial charge in [-0.05, 0) is 22.6 Å². The molecule has 31 heavy (non-hydrogen) atoms. The van der Waals surface area contributed by atoms with Gasteiger partial charge in [0, 0.05) is 28.2 Å². The van der Waals surface area contributed by atoms with Crippen molar-refractivity contribution in [1.29, 1.82) is 0 Å². The average molecular weight is 440 g/mol. The van der Waals surface area contributed by atoms with Gasteiger partial charge in [-0.25, -0.2) is 14.3 Å². The molecule has 0 aliphatic carbocycles. The molecule has 0 spiro atoms. The van der Waals surface area contributed by atoms with Gasteiger partial charge in [-0.3, -0.25) is 10.1 Å². The summed E-state index contributed by atoms with van der Waals surface area (Å²) in [5, 5.41) is 17.1. The van der Waals surface area contributed by atoms with Crippen LogP contribution in [0.1, 0.15) is 27.6 Å². The topological polar surface area (TPSA) is 129 Å². The van der Waals surface area contributed by atoms with Crippen molar-refractivity contribution in [2.45, 2.75) is 19.4 Å². The van der Waals surface area contributed by atoms with Crippen LogP contribution in [-0.2, 0) is 38.2 Å². The predicted molar refractivity (Wildman–Crippen MR) is 99.8 cm³/mol. The van der Waals surface area contributed by atoms with Crippen LogP contribution in [0, 0.1) is 0 Å². The van der Waals surface area contributed by atoms with Crippen molar-refractivity contribution in [3.05, 3.63) is 34.9 Å². The Morgan fingerprint density at radius 1 is 1.16 bits per heavy atom. The molecule has 12 nitrogen and oxygen atoms in total. The second-order valence-electron chi connectivity index (χ2n) is 6.61. The smallest absolute Gasteiger partial charge is 0.367 e. The van der Waals surface area contributed by atoms with Crippen LogP contribution >= 0.6 is 0 Å². The summed E-state index contributed by atoms with van der Waals surface area (Å²) in [6, 6.07) is 1.74.